The Morgan fingerprint density at radius 1 is 1.00 bits per heavy atom. The maximum absolute atomic E-state index is 11.6. The van der Waals surface area contributed by atoms with Gasteiger partial charge in [-0.2, -0.15) is 0 Å². The summed E-state index contributed by atoms with van der Waals surface area (Å²) in [6, 6.07) is 9.17. The third-order valence-electron chi connectivity index (χ3n) is 2.93. The second kappa shape index (κ2) is 13.3. The third-order valence-corrected chi connectivity index (χ3v) is 2.93. The highest BCUT2D eigenvalue weighted by Gasteiger charge is 2.39. The summed E-state index contributed by atoms with van der Waals surface area (Å²) in [6.45, 7) is 12.0. The molecule has 0 aliphatic heterocycles. The molecule has 2 unspecified atom stereocenters. The Balaban J connectivity index is 0. The number of carbonyl (C=O) groups is 2. The van der Waals surface area contributed by atoms with E-state index in [9.17, 15) is 9.59 Å². The zero-order valence-corrected chi connectivity index (χ0v) is 14.2. The van der Waals surface area contributed by atoms with Crippen LogP contribution >= 0.6 is 0 Å². The van der Waals surface area contributed by atoms with Gasteiger partial charge >= 0.3 is 5.97 Å². The number of hydrogen-bond acceptors (Lipinski definition) is 2. The number of ketones is 1. The topological polar surface area (TPSA) is 54.4 Å². The van der Waals surface area contributed by atoms with E-state index in [0.717, 1.165) is 5.56 Å². The second-order valence-corrected chi connectivity index (χ2v) is 3.84. The summed E-state index contributed by atoms with van der Waals surface area (Å²) in [7, 11) is 0. The average Bonchev–Trinajstić information content (AvgIpc) is 2.96. The van der Waals surface area contributed by atoms with Crippen molar-refractivity contribution in [3.05, 3.63) is 35.9 Å². The van der Waals surface area contributed by atoms with Crippen LogP contribution in [0, 0.1) is 5.92 Å². The lowest BCUT2D eigenvalue weighted by Crippen LogP contribution is -2.20. The van der Waals surface area contributed by atoms with Gasteiger partial charge < -0.3 is 5.11 Å². The first-order valence-corrected chi connectivity index (χ1v) is 8.00. The van der Waals surface area contributed by atoms with Crippen molar-refractivity contribution >= 4 is 11.8 Å². The molecule has 1 aromatic rings. The van der Waals surface area contributed by atoms with Crippen LogP contribution in [0.25, 0.3) is 0 Å². The van der Waals surface area contributed by atoms with Gasteiger partial charge in [0.25, 0.3) is 0 Å². The Labute approximate surface area is 129 Å². The largest absolute Gasteiger partial charge is 0.481 e. The number of hydrogen-bond donors (Lipinski definition) is 1. The van der Waals surface area contributed by atoms with Gasteiger partial charge in [0.2, 0.25) is 0 Å². The molecule has 0 amide bonds. The summed E-state index contributed by atoms with van der Waals surface area (Å²) < 4.78 is 0. The molecule has 21 heavy (non-hydrogen) atoms. The molecule has 1 aliphatic carbocycles. The molecule has 3 nitrogen and oxygen atoms in total. The molecule has 0 saturated heterocycles. The van der Waals surface area contributed by atoms with Crippen molar-refractivity contribution in [1.82, 2.24) is 0 Å². The molecule has 0 heterocycles. The number of benzene rings is 1. The summed E-state index contributed by atoms with van der Waals surface area (Å²) in [5.41, 5.74) is 0.826. The summed E-state index contributed by atoms with van der Waals surface area (Å²) in [4.78, 5) is 22.6. The molecule has 1 fully saturated rings. The number of rotatable bonds is 2. The SMILES string of the molecule is CC.CC.CC.O=C(O)C1CCC(=O)C1c1ccccc1. The van der Waals surface area contributed by atoms with E-state index in [-0.39, 0.29) is 5.78 Å². The molecule has 3 heteroatoms. The molecule has 2 rings (SSSR count). The molecule has 1 saturated carbocycles. The van der Waals surface area contributed by atoms with Crippen molar-refractivity contribution in [1.29, 1.82) is 0 Å². The van der Waals surface area contributed by atoms with E-state index in [2.05, 4.69) is 0 Å². The first kappa shape index (κ1) is 21.7. The van der Waals surface area contributed by atoms with Gasteiger partial charge in [-0.15, -0.1) is 0 Å². The van der Waals surface area contributed by atoms with E-state index in [1.165, 1.54) is 0 Å². The van der Waals surface area contributed by atoms with Crippen LogP contribution in [-0.4, -0.2) is 16.9 Å². The maximum Gasteiger partial charge on any atom is 0.307 e. The predicted molar refractivity (Wildman–Crippen MR) is 88.6 cm³/mol. The van der Waals surface area contributed by atoms with Crippen LogP contribution in [0.3, 0.4) is 0 Å². The van der Waals surface area contributed by atoms with Crippen LogP contribution in [0.5, 0.6) is 0 Å². The quantitative estimate of drug-likeness (QED) is 0.843. The van der Waals surface area contributed by atoms with E-state index in [1.807, 2.05) is 71.9 Å². The van der Waals surface area contributed by atoms with E-state index in [4.69, 9.17) is 5.11 Å². The van der Waals surface area contributed by atoms with E-state index < -0.39 is 17.8 Å². The fraction of sp³-hybridized carbons (Fsp3) is 0.556. The second-order valence-electron chi connectivity index (χ2n) is 3.84. The van der Waals surface area contributed by atoms with Gasteiger partial charge in [0, 0.05) is 6.42 Å². The van der Waals surface area contributed by atoms with Gasteiger partial charge in [-0.25, -0.2) is 0 Å². The number of carboxylic acids is 1. The predicted octanol–water partition coefficient (Wildman–Crippen LogP) is 4.91. The number of carboxylic acid groups (broad SMARTS) is 1. The monoisotopic (exact) mass is 294 g/mol. The Morgan fingerprint density at radius 3 is 1.90 bits per heavy atom. The Bertz CT molecular complexity index is 385. The van der Waals surface area contributed by atoms with Crippen molar-refractivity contribution in [3.63, 3.8) is 0 Å². The minimum Gasteiger partial charge on any atom is -0.481 e. The number of aliphatic carboxylic acids is 1. The molecule has 120 valence electrons. The third kappa shape index (κ3) is 6.56. The van der Waals surface area contributed by atoms with Crippen LogP contribution in [-0.2, 0) is 9.59 Å². The van der Waals surface area contributed by atoms with Crippen molar-refractivity contribution in [2.24, 2.45) is 5.92 Å². The van der Waals surface area contributed by atoms with Crippen molar-refractivity contribution in [2.75, 3.05) is 0 Å². The van der Waals surface area contributed by atoms with Gasteiger partial charge in [0.15, 0.2) is 0 Å². The summed E-state index contributed by atoms with van der Waals surface area (Å²) in [5.74, 6) is -1.80. The lowest BCUT2D eigenvalue weighted by Gasteiger charge is -2.14. The molecule has 0 spiro atoms. The summed E-state index contributed by atoms with van der Waals surface area (Å²) in [5, 5.41) is 9.01. The molecule has 1 aromatic carbocycles. The van der Waals surface area contributed by atoms with Crippen LogP contribution in [0.15, 0.2) is 30.3 Å². The van der Waals surface area contributed by atoms with E-state index in [1.54, 1.807) is 0 Å². The molecule has 2 atom stereocenters. The average molecular weight is 294 g/mol. The van der Waals surface area contributed by atoms with Crippen molar-refractivity contribution in [2.45, 2.75) is 60.3 Å². The highest BCUT2D eigenvalue weighted by molar-refractivity contribution is 5.93. The molecular weight excluding hydrogens is 264 g/mol. The summed E-state index contributed by atoms with van der Waals surface area (Å²) in [6.07, 6.45) is 0.851. The zero-order valence-electron chi connectivity index (χ0n) is 14.2. The van der Waals surface area contributed by atoms with Gasteiger partial charge in [-0.1, -0.05) is 71.9 Å². The number of Topliss-reactive ketones (excluding diaryl/α,β-unsaturated/α-hetero) is 1. The van der Waals surface area contributed by atoms with Gasteiger partial charge in [0.1, 0.15) is 5.78 Å². The van der Waals surface area contributed by atoms with Crippen LogP contribution in [0.4, 0.5) is 0 Å². The maximum atomic E-state index is 11.6. The highest BCUT2D eigenvalue weighted by Crippen LogP contribution is 2.36. The molecule has 0 bridgehead atoms. The summed E-state index contributed by atoms with van der Waals surface area (Å²) >= 11 is 0. The van der Waals surface area contributed by atoms with Gasteiger partial charge in [-0.05, 0) is 12.0 Å². The molecular formula is C18H30O3. The standard InChI is InChI=1S/C12H12O3.3C2H6/c13-10-7-6-9(12(14)15)11(10)8-4-2-1-3-5-8;3*1-2/h1-5,9,11H,6-7H2,(H,14,15);3*1-2H3. The molecule has 1 aliphatic rings. The Hall–Kier alpha value is -1.64. The van der Waals surface area contributed by atoms with E-state index >= 15 is 0 Å². The minimum atomic E-state index is -0.866. The first-order chi connectivity index (χ1) is 10.2. The van der Waals surface area contributed by atoms with Crippen LogP contribution < -0.4 is 0 Å². The Morgan fingerprint density at radius 2 is 1.48 bits per heavy atom. The van der Waals surface area contributed by atoms with Crippen molar-refractivity contribution in [3.8, 4) is 0 Å². The van der Waals surface area contributed by atoms with Gasteiger partial charge in [-0.3, -0.25) is 9.59 Å². The zero-order chi connectivity index (χ0) is 16.8. The highest BCUT2D eigenvalue weighted by atomic mass is 16.4. The lowest BCUT2D eigenvalue weighted by molar-refractivity contribution is -0.142. The minimum absolute atomic E-state index is 0.0496. The first-order valence-electron chi connectivity index (χ1n) is 8.00. The van der Waals surface area contributed by atoms with Crippen molar-refractivity contribution < 1.29 is 14.7 Å². The van der Waals surface area contributed by atoms with E-state index in [0.29, 0.717) is 12.8 Å². The van der Waals surface area contributed by atoms with Gasteiger partial charge in [0.05, 0.1) is 11.8 Å². The number of carbonyl (C=O) groups excluding carboxylic acids is 1. The smallest absolute Gasteiger partial charge is 0.307 e. The Kier molecular flexibility index (Phi) is 13.8. The fourth-order valence-corrected chi connectivity index (χ4v) is 2.19. The normalized spacial score (nSPS) is 19.0. The fourth-order valence-electron chi connectivity index (χ4n) is 2.19. The van der Waals surface area contributed by atoms with Crippen LogP contribution in [0.2, 0.25) is 0 Å². The lowest BCUT2D eigenvalue weighted by atomic mass is 9.88. The molecule has 0 aromatic heterocycles. The molecule has 0 radical (unpaired) electrons. The molecule has 1 N–H and O–H groups in total. The van der Waals surface area contributed by atoms with Crippen LogP contribution in [0.1, 0.15) is 65.9 Å².